The summed E-state index contributed by atoms with van der Waals surface area (Å²) in [7, 11) is -4.11. The van der Waals surface area contributed by atoms with Crippen molar-refractivity contribution in [2.75, 3.05) is 26.4 Å². The molecule has 0 radical (unpaired) electrons. The summed E-state index contributed by atoms with van der Waals surface area (Å²) in [6.07, 6.45) is 12.4. The second-order valence-corrected chi connectivity index (χ2v) is 8.12. The standard InChI is InChI=1S/C20H40O7S.Na.H/c1-4-7-8-9-10-11-12-13-14-15-20(21)19(5-2)18-24-16-17-25-27-28(22,23)26-6-3;;/h19H,4-18H2,1-3H3;;/q;+1;-1. The molecule has 0 spiro atoms. The van der Waals surface area contributed by atoms with E-state index in [0.29, 0.717) is 13.0 Å². The molecule has 170 valence electrons. The fourth-order valence-electron chi connectivity index (χ4n) is 2.83. The average molecular weight is 449 g/mol. The molecule has 0 heterocycles. The molecule has 1 unspecified atom stereocenters. The Kier molecular flexibility index (Phi) is 23.7. The van der Waals surface area contributed by atoms with Gasteiger partial charge in [0.15, 0.2) is 0 Å². The van der Waals surface area contributed by atoms with Crippen LogP contribution >= 0.6 is 0 Å². The molecule has 9 heteroatoms. The Balaban J connectivity index is -0.00000364. The molecule has 0 fully saturated rings. The van der Waals surface area contributed by atoms with Crippen LogP contribution in [0.25, 0.3) is 0 Å². The Morgan fingerprint density at radius 2 is 1.48 bits per heavy atom. The molecule has 7 nitrogen and oxygen atoms in total. The summed E-state index contributed by atoms with van der Waals surface area (Å²) in [6.45, 7) is 6.09. The molecular weight excluding hydrogens is 407 g/mol. The molecule has 0 aromatic rings. The smallest absolute Gasteiger partial charge is 1.00 e. The van der Waals surface area contributed by atoms with Crippen LogP contribution in [-0.2, 0) is 33.3 Å². The summed E-state index contributed by atoms with van der Waals surface area (Å²) in [6, 6.07) is 0. The Morgan fingerprint density at radius 3 is 2.03 bits per heavy atom. The van der Waals surface area contributed by atoms with E-state index in [1.54, 1.807) is 0 Å². The summed E-state index contributed by atoms with van der Waals surface area (Å²) in [5, 5.41) is 0. The maximum atomic E-state index is 12.3. The van der Waals surface area contributed by atoms with Gasteiger partial charge in [0.25, 0.3) is 0 Å². The molecule has 29 heavy (non-hydrogen) atoms. The summed E-state index contributed by atoms with van der Waals surface area (Å²) in [5.74, 6) is 0.114. The number of carbonyl (C=O) groups excluding carboxylic acids is 1. The minimum Gasteiger partial charge on any atom is -1.00 e. The van der Waals surface area contributed by atoms with E-state index >= 15 is 0 Å². The summed E-state index contributed by atoms with van der Waals surface area (Å²) in [5.41, 5.74) is 0. The maximum absolute atomic E-state index is 12.3. The normalized spacial score (nSPS) is 12.5. The van der Waals surface area contributed by atoms with Crippen LogP contribution in [-0.4, -0.2) is 40.6 Å². The molecule has 0 N–H and O–H groups in total. The van der Waals surface area contributed by atoms with Gasteiger partial charge in [-0.15, -0.1) is 0 Å². The van der Waals surface area contributed by atoms with Crippen molar-refractivity contribution in [1.29, 1.82) is 0 Å². The van der Waals surface area contributed by atoms with Gasteiger partial charge in [-0.3, -0.25) is 4.79 Å². The minimum absolute atomic E-state index is 0. The number of unbranched alkanes of at least 4 members (excludes halogenated alkanes) is 8. The number of ether oxygens (including phenoxy) is 1. The molecule has 0 aromatic carbocycles. The Hall–Kier alpha value is 0.460. The van der Waals surface area contributed by atoms with E-state index in [9.17, 15) is 13.2 Å². The van der Waals surface area contributed by atoms with Gasteiger partial charge in [0.05, 0.1) is 19.8 Å². The van der Waals surface area contributed by atoms with Gasteiger partial charge in [-0.25, -0.2) is 9.07 Å². The molecule has 0 aliphatic carbocycles. The van der Waals surface area contributed by atoms with Crippen LogP contribution in [0.2, 0.25) is 0 Å². The fourth-order valence-corrected chi connectivity index (χ4v) is 3.34. The van der Waals surface area contributed by atoms with Crippen LogP contribution in [0.3, 0.4) is 0 Å². The Bertz CT molecular complexity index is 478. The van der Waals surface area contributed by atoms with Crippen LogP contribution in [0.5, 0.6) is 0 Å². The SMILES string of the molecule is CCCCCCCCCCCC(=O)C(CC)COCCOOS(=O)(=O)OCC.[H-].[Na+]. The largest absolute Gasteiger partial charge is 1.00 e. The zero-order valence-electron chi connectivity index (χ0n) is 19.9. The zero-order valence-corrected chi connectivity index (χ0v) is 21.8. The van der Waals surface area contributed by atoms with E-state index < -0.39 is 10.4 Å². The van der Waals surface area contributed by atoms with Gasteiger partial charge in [0.1, 0.15) is 12.4 Å². The van der Waals surface area contributed by atoms with Gasteiger partial charge in [0.2, 0.25) is 0 Å². The van der Waals surface area contributed by atoms with Crippen molar-refractivity contribution in [2.24, 2.45) is 5.92 Å². The number of Topliss-reactive ketones (excluding diaryl/α,β-unsaturated/α-hetero) is 1. The van der Waals surface area contributed by atoms with E-state index in [4.69, 9.17) is 4.74 Å². The summed E-state index contributed by atoms with van der Waals surface area (Å²) < 4.78 is 36.1. The van der Waals surface area contributed by atoms with Crippen molar-refractivity contribution in [3.8, 4) is 0 Å². The van der Waals surface area contributed by atoms with Crippen LogP contribution in [0.1, 0.15) is 92.8 Å². The molecule has 0 amide bonds. The summed E-state index contributed by atoms with van der Waals surface area (Å²) >= 11 is 0. The molecule has 0 aliphatic heterocycles. The number of hydrogen-bond donors (Lipinski definition) is 0. The van der Waals surface area contributed by atoms with Crippen LogP contribution in [0, 0.1) is 5.92 Å². The first-order chi connectivity index (χ1) is 13.5. The van der Waals surface area contributed by atoms with Crippen molar-refractivity contribution in [3.05, 3.63) is 0 Å². The molecule has 1 atom stereocenters. The quantitative estimate of drug-likeness (QED) is 0.115. The fraction of sp³-hybridized carbons (Fsp3) is 0.950. The van der Waals surface area contributed by atoms with Crippen molar-refractivity contribution in [3.63, 3.8) is 0 Å². The van der Waals surface area contributed by atoms with E-state index in [-0.39, 0.29) is 62.5 Å². The van der Waals surface area contributed by atoms with E-state index in [2.05, 4.69) is 20.3 Å². The summed E-state index contributed by atoms with van der Waals surface area (Å²) in [4.78, 5) is 16.8. The van der Waals surface area contributed by atoms with Crippen LogP contribution < -0.4 is 29.6 Å². The molecule has 0 saturated carbocycles. The first-order valence-electron chi connectivity index (χ1n) is 10.8. The predicted octanol–water partition coefficient (Wildman–Crippen LogP) is 1.87. The van der Waals surface area contributed by atoms with Crippen molar-refractivity contribution in [2.45, 2.75) is 91.4 Å². The van der Waals surface area contributed by atoms with Gasteiger partial charge in [-0.2, -0.15) is 8.42 Å². The van der Waals surface area contributed by atoms with Crippen molar-refractivity contribution < 1.29 is 62.3 Å². The monoisotopic (exact) mass is 448 g/mol. The number of hydrogen-bond acceptors (Lipinski definition) is 7. The van der Waals surface area contributed by atoms with Crippen LogP contribution in [0.4, 0.5) is 0 Å². The number of carbonyl (C=O) groups is 1. The number of ketones is 1. The first-order valence-corrected chi connectivity index (χ1v) is 12.1. The minimum atomic E-state index is -4.11. The Labute approximate surface area is 201 Å². The van der Waals surface area contributed by atoms with E-state index in [1.807, 2.05) is 6.92 Å². The van der Waals surface area contributed by atoms with Gasteiger partial charge >= 0.3 is 40.0 Å². The van der Waals surface area contributed by atoms with Crippen molar-refractivity contribution >= 4 is 16.2 Å². The molecule has 0 aliphatic rings. The number of rotatable bonds is 21. The average Bonchev–Trinajstić information content (AvgIpc) is 2.66. The molecule has 0 aromatic heterocycles. The zero-order chi connectivity index (χ0) is 21.1. The van der Waals surface area contributed by atoms with E-state index in [0.717, 1.165) is 19.3 Å². The van der Waals surface area contributed by atoms with E-state index in [1.165, 1.54) is 51.9 Å². The van der Waals surface area contributed by atoms with Gasteiger partial charge in [-0.05, 0) is 19.8 Å². The second-order valence-electron chi connectivity index (χ2n) is 6.93. The first kappa shape index (κ1) is 31.6. The third kappa shape index (κ3) is 20.1. The second kappa shape index (κ2) is 21.7. The van der Waals surface area contributed by atoms with Crippen molar-refractivity contribution in [1.82, 2.24) is 0 Å². The third-order valence-corrected chi connectivity index (χ3v) is 5.29. The Morgan fingerprint density at radius 1 is 0.897 bits per heavy atom. The van der Waals surface area contributed by atoms with Gasteiger partial charge < -0.3 is 6.16 Å². The molecular formula is C20H41NaO7S. The molecule has 0 rings (SSSR count). The van der Waals surface area contributed by atoms with Gasteiger partial charge in [-0.1, -0.05) is 69.5 Å². The maximum Gasteiger partial charge on any atom is 1.00 e. The molecule has 0 bridgehead atoms. The van der Waals surface area contributed by atoms with Crippen LogP contribution in [0.15, 0.2) is 0 Å². The predicted molar refractivity (Wildman–Crippen MR) is 110 cm³/mol. The third-order valence-electron chi connectivity index (χ3n) is 4.50. The topological polar surface area (TPSA) is 88.1 Å². The molecule has 0 saturated heterocycles. The van der Waals surface area contributed by atoms with Gasteiger partial charge in [0, 0.05) is 12.3 Å².